The maximum Gasteiger partial charge on any atom is 0.335 e. The molecule has 0 bridgehead atoms. The van der Waals surface area contributed by atoms with E-state index in [4.69, 9.17) is 5.11 Å². The van der Waals surface area contributed by atoms with Gasteiger partial charge in [-0.1, -0.05) is 12.1 Å². The van der Waals surface area contributed by atoms with Crippen LogP contribution in [-0.2, 0) is 19.5 Å². The number of pyridine rings is 1. The van der Waals surface area contributed by atoms with E-state index in [9.17, 15) is 9.18 Å². The number of halogens is 1. The topological polar surface area (TPSA) is 62.2 Å². The molecule has 1 aromatic heterocycles. The van der Waals surface area contributed by atoms with Crippen molar-refractivity contribution in [2.24, 2.45) is 0 Å². The average molecular weight is 286 g/mol. The van der Waals surface area contributed by atoms with Gasteiger partial charge in [0.25, 0.3) is 0 Å². The normalized spacial score (nSPS) is 16.3. The number of hydrogen-bond donors (Lipinski definition) is 2. The minimum Gasteiger partial charge on any atom is -0.478 e. The number of aromatic nitrogens is 1. The van der Waals surface area contributed by atoms with E-state index in [-0.39, 0.29) is 11.6 Å². The van der Waals surface area contributed by atoms with Crippen LogP contribution in [0.25, 0.3) is 0 Å². The van der Waals surface area contributed by atoms with E-state index in [2.05, 4.69) is 10.3 Å². The van der Waals surface area contributed by atoms with Gasteiger partial charge in [0, 0.05) is 12.5 Å². The summed E-state index contributed by atoms with van der Waals surface area (Å²) < 4.78 is 12.6. The van der Waals surface area contributed by atoms with Crippen molar-refractivity contribution in [1.82, 2.24) is 4.98 Å². The molecule has 4 nitrogen and oxygen atoms in total. The maximum absolute atomic E-state index is 12.6. The molecule has 1 aliphatic heterocycles. The molecule has 1 unspecified atom stereocenters. The highest BCUT2D eigenvalue weighted by molar-refractivity contribution is 5.87. The van der Waals surface area contributed by atoms with E-state index >= 15 is 0 Å². The first-order chi connectivity index (χ1) is 10.2. The summed E-state index contributed by atoms with van der Waals surface area (Å²) in [6.07, 6.45) is 1.53. The zero-order valence-corrected chi connectivity index (χ0v) is 11.3. The molecule has 108 valence electrons. The van der Waals surface area contributed by atoms with E-state index in [1.807, 2.05) is 18.2 Å². The third-order valence-electron chi connectivity index (χ3n) is 3.65. The van der Waals surface area contributed by atoms with Gasteiger partial charge in [0.15, 0.2) is 0 Å². The zero-order chi connectivity index (χ0) is 14.8. The molecule has 0 saturated heterocycles. The van der Waals surface area contributed by atoms with Crippen molar-refractivity contribution in [2.75, 3.05) is 5.32 Å². The summed E-state index contributed by atoms with van der Waals surface area (Å²) in [6.45, 7) is -0.547. The number of benzene rings is 1. The lowest BCUT2D eigenvalue weighted by Crippen LogP contribution is -2.18. The third kappa shape index (κ3) is 2.86. The molecule has 0 aliphatic carbocycles. The predicted octanol–water partition coefficient (Wildman–Crippen LogP) is 2.83. The molecule has 0 spiro atoms. The van der Waals surface area contributed by atoms with Gasteiger partial charge < -0.3 is 10.4 Å². The van der Waals surface area contributed by atoms with Crippen LogP contribution in [0, 0.1) is 0 Å². The number of nitrogens with one attached hydrogen (secondary N) is 1. The number of carboxylic acid groups (broad SMARTS) is 1. The van der Waals surface area contributed by atoms with E-state index in [0.29, 0.717) is 5.69 Å². The lowest BCUT2D eigenvalue weighted by atomic mass is 10.0. The third-order valence-corrected chi connectivity index (χ3v) is 3.65. The van der Waals surface area contributed by atoms with Gasteiger partial charge in [-0.3, -0.25) is 4.98 Å². The first kappa shape index (κ1) is 13.5. The Morgan fingerprint density at radius 3 is 2.71 bits per heavy atom. The van der Waals surface area contributed by atoms with Crippen LogP contribution in [-0.4, -0.2) is 22.1 Å². The van der Waals surface area contributed by atoms with Crippen LogP contribution in [0.4, 0.5) is 10.1 Å². The largest absolute Gasteiger partial charge is 0.478 e. The highest BCUT2D eigenvalue weighted by Gasteiger charge is 2.22. The van der Waals surface area contributed by atoms with E-state index in [0.717, 1.165) is 29.8 Å². The van der Waals surface area contributed by atoms with Crippen molar-refractivity contribution in [3.8, 4) is 0 Å². The fourth-order valence-electron chi connectivity index (χ4n) is 2.60. The standard InChI is InChI=1S/C16H15FN2O2/c17-9-12-5-6-14-15(18-12)8-13(19-14)7-10-1-3-11(4-2-10)16(20)21/h1-6,13,19H,7-9H2,(H,20,21). The fraction of sp³-hybridized carbons (Fsp3) is 0.250. The van der Waals surface area contributed by atoms with Crippen molar-refractivity contribution in [3.63, 3.8) is 0 Å². The summed E-state index contributed by atoms with van der Waals surface area (Å²) in [5.74, 6) is -0.920. The van der Waals surface area contributed by atoms with Crippen LogP contribution in [0.1, 0.15) is 27.3 Å². The second kappa shape index (κ2) is 5.52. The van der Waals surface area contributed by atoms with Crippen molar-refractivity contribution in [1.29, 1.82) is 0 Å². The van der Waals surface area contributed by atoms with E-state index in [1.54, 1.807) is 18.2 Å². The summed E-state index contributed by atoms with van der Waals surface area (Å²) >= 11 is 0. The van der Waals surface area contributed by atoms with Gasteiger partial charge in [-0.2, -0.15) is 0 Å². The lowest BCUT2D eigenvalue weighted by Gasteiger charge is -2.11. The van der Waals surface area contributed by atoms with Crippen LogP contribution >= 0.6 is 0 Å². The first-order valence-corrected chi connectivity index (χ1v) is 6.79. The number of carbonyl (C=O) groups is 1. The number of alkyl halides is 1. The highest BCUT2D eigenvalue weighted by atomic mass is 19.1. The number of aromatic carboxylic acids is 1. The monoisotopic (exact) mass is 286 g/mol. The minimum atomic E-state index is -0.920. The molecule has 5 heteroatoms. The van der Waals surface area contributed by atoms with Gasteiger partial charge in [-0.25, -0.2) is 9.18 Å². The molecule has 2 aromatic rings. The zero-order valence-electron chi connectivity index (χ0n) is 11.3. The summed E-state index contributed by atoms with van der Waals surface area (Å²) in [6, 6.07) is 10.6. The van der Waals surface area contributed by atoms with Crippen molar-refractivity contribution >= 4 is 11.7 Å². The molecule has 0 radical (unpaired) electrons. The Morgan fingerprint density at radius 1 is 1.29 bits per heavy atom. The average Bonchev–Trinajstić information content (AvgIpc) is 2.88. The molecule has 1 aromatic carbocycles. The molecule has 1 aliphatic rings. The van der Waals surface area contributed by atoms with Crippen LogP contribution in [0.2, 0.25) is 0 Å². The summed E-state index contributed by atoms with van der Waals surface area (Å²) in [5, 5.41) is 12.2. The van der Waals surface area contributed by atoms with Gasteiger partial charge in [-0.15, -0.1) is 0 Å². The number of anilines is 1. The van der Waals surface area contributed by atoms with Gasteiger partial charge in [0.05, 0.1) is 22.6 Å². The Balaban J connectivity index is 1.69. The van der Waals surface area contributed by atoms with Crippen molar-refractivity contribution in [2.45, 2.75) is 25.6 Å². The Kier molecular flexibility index (Phi) is 3.56. The summed E-state index contributed by atoms with van der Waals surface area (Å²) in [4.78, 5) is 15.1. The number of rotatable bonds is 4. The van der Waals surface area contributed by atoms with Gasteiger partial charge >= 0.3 is 5.97 Å². The van der Waals surface area contributed by atoms with Crippen molar-refractivity contribution < 1.29 is 14.3 Å². The second-order valence-electron chi connectivity index (χ2n) is 5.18. The van der Waals surface area contributed by atoms with E-state index in [1.165, 1.54) is 0 Å². The minimum absolute atomic E-state index is 0.207. The van der Waals surface area contributed by atoms with Crippen molar-refractivity contribution in [3.05, 3.63) is 58.9 Å². The highest BCUT2D eigenvalue weighted by Crippen LogP contribution is 2.26. The summed E-state index contributed by atoms with van der Waals surface area (Å²) in [7, 11) is 0. The molecule has 21 heavy (non-hydrogen) atoms. The maximum atomic E-state index is 12.6. The molecular weight excluding hydrogens is 271 g/mol. The van der Waals surface area contributed by atoms with Gasteiger partial charge in [-0.05, 0) is 36.2 Å². The Bertz CT molecular complexity index is 670. The molecule has 0 fully saturated rings. The molecule has 3 rings (SSSR count). The lowest BCUT2D eigenvalue weighted by molar-refractivity contribution is 0.0697. The van der Waals surface area contributed by atoms with Crippen LogP contribution in [0.3, 0.4) is 0 Å². The Hall–Kier alpha value is -2.43. The van der Waals surface area contributed by atoms with Crippen LogP contribution < -0.4 is 5.32 Å². The molecule has 0 saturated carbocycles. The first-order valence-electron chi connectivity index (χ1n) is 6.79. The van der Waals surface area contributed by atoms with Gasteiger partial charge in [0.1, 0.15) is 6.67 Å². The number of fused-ring (bicyclic) bond motifs is 1. The fourth-order valence-corrected chi connectivity index (χ4v) is 2.60. The molecule has 2 heterocycles. The summed E-state index contributed by atoms with van der Waals surface area (Å²) in [5.41, 5.74) is 3.67. The van der Waals surface area contributed by atoms with Crippen LogP contribution in [0.15, 0.2) is 36.4 Å². The second-order valence-corrected chi connectivity index (χ2v) is 5.18. The van der Waals surface area contributed by atoms with E-state index < -0.39 is 12.6 Å². The number of hydrogen-bond acceptors (Lipinski definition) is 3. The Labute approximate surface area is 121 Å². The molecular formula is C16H15FN2O2. The smallest absolute Gasteiger partial charge is 0.335 e. The number of carboxylic acids is 1. The molecule has 2 N–H and O–H groups in total. The van der Waals surface area contributed by atoms with Gasteiger partial charge in [0.2, 0.25) is 0 Å². The molecule has 1 atom stereocenters. The quantitative estimate of drug-likeness (QED) is 0.907. The predicted molar refractivity (Wildman–Crippen MR) is 77.3 cm³/mol. The Morgan fingerprint density at radius 2 is 2.05 bits per heavy atom. The molecule has 0 amide bonds. The van der Waals surface area contributed by atoms with Crippen LogP contribution in [0.5, 0.6) is 0 Å². The number of nitrogens with zero attached hydrogens (tertiary/aromatic N) is 1. The SMILES string of the molecule is O=C(O)c1ccc(CC2Cc3nc(CF)ccc3N2)cc1.